The van der Waals surface area contributed by atoms with E-state index in [-0.39, 0.29) is 5.41 Å². The van der Waals surface area contributed by atoms with Crippen LogP contribution in [0.25, 0.3) is 6.08 Å². The lowest BCUT2D eigenvalue weighted by molar-refractivity contribution is 0.446. The third kappa shape index (κ3) is 2.11. The van der Waals surface area contributed by atoms with Crippen LogP contribution in [0.1, 0.15) is 31.9 Å². The molecule has 0 unspecified atom stereocenters. The highest BCUT2D eigenvalue weighted by atomic mass is 16.3. The van der Waals surface area contributed by atoms with Crippen LogP contribution in [0.4, 0.5) is 0 Å². The van der Waals surface area contributed by atoms with E-state index in [0.29, 0.717) is 5.75 Å². The van der Waals surface area contributed by atoms with Crippen molar-refractivity contribution in [3.63, 3.8) is 0 Å². The SMILES string of the molecule is C=Cc1ccc(O)c(C(C)(C)C)c1. The molecule has 1 rings (SSSR count). The van der Waals surface area contributed by atoms with Crippen LogP contribution in [0.15, 0.2) is 24.8 Å². The lowest BCUT2D eigenvalue weighted by Crippen LogP contribution is -2.11. The molecule has 1 aromatic carbocycles. The van der Waals surface area contributed by atoms with E-state index < -0.39 is 0 Å². The molecule has 0 radical (unpaired) electrons. The predicted octanol–water partition coefficient (Wildman–Crippen LogP) is 3.33. The number of phenolic OH excluding ortho intramolecular Hbond substituents is 1. The molecule has 1 heteroatoms. The van der Waals surface area contributed by atoms with Gasteiger partial charge in [0.15, 0.2) is 0 Å². The van der Waals surface area contributed by atoms with Crippen LogP contribution in [-0.4, -0.2) is 5.11 Å². The monoisotopic (exact) mass is 176 g/mol. The first kappa shape index (κ1) is 9.85. The number of aromatic hydroxyl groups is 1. The van der Waals surface area contributed by atoms with Crippen LogP contribution in [-0.2, 0) is 5.41 Å². The Balaban J connectivity index is 3.27. The zero-order chi connectivity index (χ0) is 10.1. The van der Waals surface area contributed by atoms with Crippen molar-refractivity contribution >= 4 is 6.08 Å². The van der Waals surface area contributed by atoms with Gasteiger partial charge < -0.3 is 5.11 Å². The average molecular weight is 176 g/mol. The first-order valence-corrected chi connectivity index (χ1v) is 4.41. The predicted molar refractivity (Wildman–Crippen MR) is 56.9 cm³/mol. The summed E-state index contributed by atoms with van der Waals surface area (Å²) in [6.07, 6.45) is 1.79. The van der Waals surface area contributed by atoms with E-state index in [2.05, 4.69) is 27.4 Å². The molecule has 0 bridgehead atoms. The van der Waals surface area contributed by atoms with Gasteiger partial charge >= 0.3 is 0 Å². The van der Waals surface area contributed by atoms with Crippen molar-refractivity contribution in [1.82, 2.24) is 0 Å². The van der Waals surface area contributed by atoms with Gasteiger partial charge in [-0.15, -0.1) is 0 Å². The van der Waals surface area contributed by atoms with Crippen molar-refractivity contribution in [3.05, 3.63) is 35.9 Å². The second kappa shape index (κ2) is 3.25. The summed E-state index contributed by atoms with van der Waals surface area (Å²) in [4.78, 5) is 0. The van der Waals surface area contributed by atoms with Gasteiger partial charge in [0.1, 0.15) is 5.75 Å². The number of benzene rings is 1. The third-order valence-electron chi connectivity index (χ3n) is 2.06. The molecule has 0 aromatic heterocycles. The minimum Gasteiger partial charge on any atom is -0.508 e. The molecule has 1 aromatic rings. The molecule has 70 valence electrons. The quantitative estimate of drug-likeness (QED) is 0.695. The Morgan fingerprint density at radius 3 is 2.38 bits per heavy atom. The minimum atomic E-state index is -0.0247. The Morgan fingerprint density at radius 2 is 1.92 bits per heavy atom. The van der Waals surface area contributed by atoms with Crippen molar-refractivity contribution in [2.75, 3.05) is 0 Å². The zero-order valence-electron chi connectivity index (χ0n) is 8.46. The fourth-order valence-electron chi connectivity index (χ4n) is 1.28. The lowest BCUT2D eigenvalue weighted by atomic mass is 9.85. The maximum Gasteiger partial charge on any atom is 0.119 e. The summed E-state index contributed by atoms with van der Waals surface area (Å²) >= 11 is 0. The molecule has 0 saturated heterocycles. The van der Waals surface area contributed by atoms with E-state index in [0.717, 1.165) is 11.1 Å². The molecule has 0 fully saturated rings. The first-order chi connectivity index (χ1) is 5.95. The van der Waals surface area contributed by atoms with Gasteiger partial charge in [0.2, 0.25) is 0 Å². The Bertz CT molecular complexity index is 318. The molecule has 0 aliphatic rings. The van der Waals surface area contributed by atoms with Crippen LogP contribution in [0, 0.1) is 0 Å². The first-order valence-electron chi connectivity index (χ1n) is 4.41. The molecule has 0 amide bonds. The highest BCUT2D eigenvalue weighted by molar-refractivity contribution is 5.52. The molecule has 1 nitrogen and oxygen atoms in total. The summed E-state index contributed by atoms with van der Waals surface area (Å²) in [6, 6.07) is 5.55. The summed E-state index contributed by atoms with van der Waals surface area (Å²) in [5.74, 6) is 0.359. The van der Waals surface area contributed by atoms with E-state index in [1.54, 1.807) is 12.1 Å². The highest BCUT2D eigenvalue weighted by Gasteiger charge is 2.17. The van der Waals surface area contributed by atoms with Gasteiger partial charge in [0.05, 0.1) is 0 Å². The zero-order valence-corrected chi connectivity index (χ0v) is 8.46. The average Bonchev–Trinajstić information content (AvgIpc) is 2.03. The van der Waals surface area contributed by atoms with Crippen molar-refractivity contribution in [3.8, 4) is 5.75 Å². The van der Waals surface area contributed by atoms with Gasteiger partial charge in [0.25, 0.3) is 0 Å². The smallest absolute Gasteiger partial charge is 0.119 e. The molecule has 1 N–H and O–H groups in total. The molecule has 0 saturated carbocycles. The molecular formula is C12H16O. The summed E-state index contributed by atoms with van der Waals surface area (Å²) in [7, 11) is 0. The van der Waals surface area contributed by atoms with E-state index in [1.807, 2.05) is 12.1 Å². The molecule has 0 aliphatic carbocycles. The molecule has 0 atom stereocenters. The molecule has 0 aliphatic heterocycles. The Hall–Kier alpha value is -1.24. The van der Waals surface area contributed by atoms with Crippen LogP contribution in [0.2, 0.25) is 0 Å². The van der Waals surface area contributed by atoms with Crippen molar-refractivity contribution in [2.45, 2.75) is 26.2 Å². The summed E-state index contributed by atoms with van der Waals surface area (Å²) in [6.45, 7) is 9.94. The summed E-state index contributed by atoms with van der Waals surface area (Å²) < 4.78 is 0. The van der Waals surface area contributed by atoms with Gasteiger partial charge in [0, 0.05) is 0 Å². The second-order valence-corrected chi connectivity index (χ2v) is 4.23. The van der Waals surface area contributed by atoms with Gasteiger partial charge in [-0.25, -0.2) is 0 Å². The normalized spacial score (nSPS) is 11.3. The Labute approximate surface area is 79.7 Å². The van der Waals surface area contributed by atoms with Crippen molar-refractivity contribution in [2.24, 2.45) is 0 Å². The maximum atomic E-state index is 9.63. The highest BCUT2D eigenvalue weighted by Crippen LogP contribution is 2.31. The largest absolute Gasteiger partial charge is 0.508 e. The summed E-state index contributed by atoms with van der Waals surface area (Å²) in [5, 5.41) is 9.63. The molecule has 0 heterocycles. The molecule has 0 spiro atoms. The van der Waals surface area contributed by atoms with Gasteiger partial charge in [-0.1, -0.05) is 39.5 Å². The van der Waals surface area contributed by atoms with E-state index in [4.69, 9.17) is 0 Å². The standard InChI is InChI=1S/C12H16O/c1-5-9-6-7-11(13)10(8-9)12(2,3)4/h5-8,13H,1H2,2-4H3. The van der Waals surface area contributed by atoms with Crippen molar-refractivity contribution < 1.29 is 5.11 Å². The number of rotatable bonds is 1. The van der Waals surface area contributed by atoms with E-state index in [9.17, 15) is 5.11 Å². The van der Waals surface area contributed by atoms with Crippen LogP contribution >= 0.6 is 0 Å². The van der Waals surface area contributed by atoms with E-state index in [1.165, 1.54) is 0 Å². The third-order valence-corrected chi connectivity index (χ3v) is 2.06. The Kier molecular flexibility index (Phi) is 2.46. The fourth-order valence-corrected chi connectivity index (χ4v) is 1.28. The van der Waals surface area contributed by atoms with Gasteiger partial charge in [-0.05, 0) is 28.7 Å². The minimum absolute atomic E-state index is 0.0247. The van der Waals surface area contributed by atoms with Crippen LogP contribution < -0.4 is 0 Å². The van der Waals surface area contributed by atoms with Crippen LogP contribution in [0.3, 0.4) is 0 Å². The molecular weight excluding hydrogens is 160 g/mol. The van der Waals surface area contributed by atoms with Crippen molar-refractivity contribution in [1.29, 1.82) is 0 Å². The second-order valence-electron chi connectivity index (χ2n) is 4.23. The molecule has 13 heavy (non-hydrogen) atoms. The van der Waals surface area contributed by atoms with E-state index >= 15 is 0 Å². The van der Waals surface area contributed by atoms with Gasteiger partial charge in [-0.3, -0.25) is 0 Å². The fraction of sp³-hybridized carbons (Fsp3) is 0.333. The lowest BCUT2D eigenvalue weighted by Gasteiger charge is -2.20. The Morgan fingerprint density at radius 1 is 1.31 bits per heavy atom. The number of hydrogen-bond donors (Lipinski definition) is 1. The number of hydrogen-bond acceptors (Lipinski definition) is 1. The van der Waals surface area contributed by atoms with Gasteiger partial charge in [-0.2, -0.15) is 0 Å². The summed E-state index contributed by atoms with van der Waals surface area (Å²) in [5.41, 5.74) is 1.98. The van der Waals surface area contributed by atoms with Crippen LogP contribution in [0.5, 0.6) is 5.75 Å². The topological polar surface area (TPSA) is 20.2 Å². The number of phenols is 1. The maximum absolute atomic E-state index is 9.63.